The van der Waals surface area contributed by atoms with E-state index in [4.69, 9.17) is 11.6 Å². The molecule has 0 fully saturated rings. The van der Waals surface area contributed by atoms with Crippen molar-refractivity contribution in [3.05, 3.63) is 44.6 Å². The van der Waals surface area contributed by atoms with Gasteiger partial charge in [0.1, 0.15) is 5.56 Å². The standard InChI is InChI=1S/C12H9ClF3N3O2/c1-2-6-3-4-7(12(14,15)16)5-8(6)9-10(13)17-18-11(9)19(20)21/h3-5H,2H2,1H3,(H,17,18). The highest BCUT2D eigenvalue weighted by molar-refractivity contribution is 6.32. The first-order valence-electron chi connectivity index (χ1n) is 5.84. The number of aromatic amines is 1. The van der Waals surface area contributed by atoms with E-state index in [1.54, 1.807) is 6.92 Å². The molecule has 2 rings (SSSR count). The largest absolute Gasteiger partial charge is 0.416 e. The van der Waals surface area contributed by atoms with Gasteiger partial charge in [-0.25, -0.2) is 0 Å². The molecule has 0 aliphatic rings. The second-order valence-electron chi connectivity index (χ2n) is 4.22. The number of H-pyrrole nitrogens is 1. The quantitative estimate of drug-likeness (QED) is 0.680. The summed E-state index contributed by atoms with van der Waals surface area (Å²) in [6.07, 6.45) is -4.15. The molecule has 0 aliphatic carbocycles. The lowest BCUT2D eigenvalue weighted by Crippen LogP contribution is -2.06. The number of aromatic nitrogens is 2. The topological polar surface area (TPSA) is 71.8 Å². The molecule has 0 unspecified atom stereocenters. The Bertz CT molecular complexity index is 698. The number of nitro groups is 1. The lowest BCUT2D eigenvalue weighted by molar-refractivity contribution is -0.388. The van der Waals surface area contributed by atoms with E-state index in [2.05, 4.69) is 10.2 Å². The highest BCUT2D eigenvalue weighted by atomic mass is 35.5. The van der Waals surface area contributed by atoms with Crippen LogP contribution in [0, 0.1) is 10.1 Å². The normalized spacial score (nSPS) is 11.7. The van der Waals surface area contributed by atoms with Crippen LogP contribution < -0.4 is 0 Å². The number of hydrogen-bond donors (Lipinski definition) is 1. The Balaban J connectivity index is 2.73. The average molecular weight is 320 g/mol. The smallest absolute Gasteiger partial charge is 0.358 e. The first kappa shape index (κ1) is 15.3. The van der Waals surface area contributed by atoms with Crippen LogP contribution in [0.1, 0.15) is 18.1 Å². The summed E-state index contributed by atoms with van der Waals surface area (Å²) in [6, 6.07) is 3.07. The summed E-state index contributed by atoms with van der Waals surface area (Å²) in [5.41, 5.74) is -0.474. The first-order chi connectivity index (χ1) is 9.75. The fourth-order valence-corrected chi connectivity index (χ4v) is 2.21. The number of nitrogens with one attached hydrogen (secondary N) is 1. The van der Waals surface area contributed by atoms with E-state index in [1.165, 1.54) is 6.07 Å². The van der Waals surface area contributed by atoms with Crippen molar-refractivity contribution in [3.63, 3.8) is 0 Å². The van der Waals surface area contributed by atoms with Gasteiger partial charge in [0.05, 0.1) is 5.56 Å². The van der Waals surface area contributed by atoms with Crippen LogP contribution in [0.2, 0.25) is 5.15 Å². The second-order valence-corrected chi connectivity index (χ2v) is 4.58. The number of benzene rings is 1. The minimum atomic E-state index is -4.55. The van der Waals surface area contributed by atoms with Crippen molar-refractivity contribution in [2.75, 3.05) is 0 Å². The lowest BCUT2D eigenvalue weighted by Gasteiger charge is -2.12. The SMILES string of the molecule is CCc1ccc(C(F)(F)F)cc1-c1c(Cl)n[nH]c1[N+](=O)[O-]. The number of halogens is 4. The van der Waals surface area contributed by atoms with Gasteiger partial charge in [-0.15, -0.1) is 5.10 Å². The number of nitrogens with zero attached hydrogens (tertiary/aromatic N) is 2. The molecule has 1 aromatic heterocycles. The fourth-order valence-electron chi connectivity index (χ4n) is 1.98. The third-order valence-electron chi connectivity index (χ3n) is 2.97. The molecule has 2 aromatic rings. The van der Waals surface area contributed by atoms with E-state index < -0.39 is 22.5 Å². The van der Waals surface area contributed by atoms with Gasteiger partial charge in [-0.2, -0.15) is 13.2 Å². The Hall–Kier alpha value is -2.09. The Kier molecular flexibility index (Phi) is 3.91. The molecule has 1 aromatic carbocycles. The molecule has 1 N–H and O–H groups in total. The zero-order chi connectivity index (χ0) is 15.8. The lowest BCUT2D eigenvalue weighted by atomic mass is 9.97. The molecular weight excluding hydrogens is 311 g/mol. The molecule has 0 amide bonds. The number of aryl methyl sites for hydroxylation is 1. The van der Waals surface area contributed by atoms with Crippen LogP contribution in [0.15, 0.2) is 18.2 Å². The summed E-state index contributed by atoms with van der Waals surface area (Å²) < 4.78 is 38.4. The van der Waals surface area contributed by atoms with E-state index in [0.717, 1.165) is 12.1 Å². The van der Waals surface area contributed by atoms with Crippen LogP contribution in [0.25, 0.3) is 11.1 Å². The zero-order valence-electron chi connectivity index (χ0n) is 10.7. The monoisotopic (exact) mass is 319 g/mol. The molecule has 0 bridgehead atoms. The van der Waals surface area contributed by atoms with Gasteiger partial charge < -0.3 is 10.1 Å². The number of rotatable bonds is 3. The summed E-state index contributed by atoms with van der Waals surface area (Å²) in [6.45, 7) is 1.73. The summed E-state index contributed by atoms with van der Waals surface area (Å²) in [5.74, 6) is -0.533. The molecule has 0 radical (unpaired) electrons. The molecule has 0 aliphatic heterocycles. The van der Waals surface area contributed by atoms with E-state index in [0.29, 0.717) is 12.0 Å². The van der Waals surface area contributed by atoms with Gasteiger partial charge in [-0.1, -0.05) is 29.7 Å². The van der Waals surface area contributed by atoms with E-state index in [-0.39, 0.29) is 16.3 Å². The maximum Gasteiger partial charge on any atom is 0.416 e. The maximum atomic E-state index is 12.8. The van der Waals surface area contributed by atoms with E-state index in [9.17, 15) is 23.3 Å². The first-order valence-corrected chi connectivity index (χ1v) is 6.22. The Morgan fingerprint density at radius 2 is 2.10 bits per heavy atom. The second kappa shape index (κ2) is 5.36. The van der Waals surface area contributed by atoms with Gasteiger partial charge in [0.15, 0.2) is 5.15 Å². The van der Waals surface area contributed by atoms with Gasteiger partial charge in [0.25, 0.3) is 0 Å². The third-order valence-corrected chi connectivity index (χ3v) is 3.25. The van der Waals surface area contributed by atoms with Gasteiger partial charge in [-0.05, 0) is 34.6 Å². The molecule has 0 atom stereocenters. The molecule has 0 saturated heterocycles. The van der Waals surface area contributed by atoms with Gasteiger partial charge in [-0.3, -0.25) is 0 Å². The molecule has 21 heavy (non-hydrogen) atoms. The zero-order valence-corrected chi connectivity index (χ0v) is 11.4. The van der Waals surface area contributed by atoms with E-state index >= 15 is 0 Å². The average Bonchev–Trinajstić information content (AvgIpc) is 2.78. The van der Waals surface area contributed by atoms with Crippen LogP contribution >= 0.6 is 11.6 Å². The van der Waals surface area contributed by atoms with Crippen molar-refractivity contribution in [2.24, 2.45) is 0 Å². The molecular formula is C12H9ClF3N3O2. The van der Waals surface area contributed by atoms with Crippen LogP contribution in [-0.2, 0) is 12.6 Å². The van der Waals surface area contributed by atoms with Crippen molar-refractivity contribution in [2.45, 2.75) is 19.5 Å². The van der Waals surface area contributed by atoms with Crippen molar-refractivity contribution >= 4 is 17.4 Å². The maximum absolute atomic E-state index is 12.8. The van der Waals surface area contributed by atoms with Gasteiger partial charge in [0, 0.05) is 0 Å². The van der Waals surface area contributed by atoms with Gasteiger partial charge in [0.2, 0.25) is 0 Å². The predicted molar refractivity (Wildman–Crippen MR) is 70.1 cm³/mol. The summed E-state index contributed by atoms with van der Waals surface area (Å²) in [5, 5.41) is 16.3. The molecule has 112 valence electrons. The summed E-state index contributed by atoms with van der Waals surface area (Å²) in [4.78, 5) is 10.2. The van der Waals surface area contributed by atoms with Crippen LogP contribution in [0.3, 0.4) is 0 Å². The van der Waals surface area contributed by atoms with Crippen LogP contribution in [0.4, 0.5) is 19.0 Å². The third kappa shape index (κ3) is 2.85. The van der Waals surface area contributed by atoms with Crippen molar-refractivity contribution in [1.29, 1.82) is 0 Å². The molecule has 1 heterocycles. The van der Waals surface area contributed by atoms with Crippen molar-refractivity contribution < 1.29 is 18.1 Å². The number of alkyl halides is 3. The highest BCUT2D eigenvalue weighted by Gasteiger charge is 2.32. The molecule has 0 saturated carbocycles. The predicted octanol–water partition coefficient (Wildman–Crippen LogP) is 4.22. The Labute approximate surface area is 121 Å². The summed E-state index contributed by atoms with van der Waals surface area (Å²) in [7, 11) is 0. The van der Waals surface area contributed by atoms with Crippen molar-refractivity contribution in [1.82, 2.24) is 10.2 Å². The Morgan fingerprint density at radius 3 is 2.62 bits per heavy atom. The number of hydrogen-bond acceptors (Lipinski definition) is 3. The van der Waals surface area contributed by atoms with Crippen molar-refractivity contribution in [3.8, 4) is 11.1 Å². The fraction of sp³-hybridized carbons (Fsp3) is 0.250. The van der Waals surface area contributed by atoms with Crippen LogP contribution in [-0.4, -0.2) is 15.1 Å². The van der Waals surface area contributed by atoms with Gasteiger partial charge >= 0.3 is 12.0 Å². The van der Waals surface area contributed by atoms with E-state index in [1.807, 2.05) is 0 Å². The minimum Gasteiger partial charge on any atom is -0.358 e. The molecule has 5 nitrogen and oxygen atoms in total. The van der Waals surface area contributed by atoms with Crippen LogP contribution in [0.5, 0.6) is 0 Å². The molecule has 9 heteroatoms. The minimum absolute atomic E-state index is 0.0535. The highest BCUT2D eigenvalue weighted by Crippen LogP contribution is 2.39. The summed E-state index contributed by atoms with van der Waals surface area (Å²) >= 11 is 5.79. The Morgan fingerprint density at radius 1 is 1.43 bits per heavy atom. The molecule has 0 spiro atoms.